The van der Waals surface area contributed by atoms with Crippen molar-refractivity contribution in [2.75, 3.05) is 6.54 Å². The Kier molecular flexibility index (Phi) is 4.83. The van der Waals surface area contributed by atoms with Crippen LogP contribution in [0.2, 0.25) is 0 Å². The Morgan fingerprint density at radius 1 is 1.07 bits per heavy atom. The molecule has 0 aromatic carbocycles. The van der Waals surface area contributed by atoms with Gasteiger partial charge < -0.3 is 5.32 Å². The van der Waals surface area contributed by atoms with Crippen LogP contribution in [-0.4, -0.2) is 23.1 Å². The molecular formula is C13H25NS. The van der Waals surface area contributed by atoms with E-state index in [1.807, 2.05) is 0 Å². The van der Waals surface area contributed by atoms with Crippen molar-refractivity contribution in [3.63, 3.8) is 0 Å². The number of hydrogen-bond donors (Lipinski definition) is 1. The van der Waals surface area contributed by atoms with Gasteiger partial charge >= 0.3 is 0 Å². The Hall–Kier alpha value is 0.310. The predicted octanol–water partition coefficient (Wildman–Crippen LogP) is 3.58. The maximum atomic E-state index is 3.67. The molecule has 2 saturated carbocycles. The smallest absolute Gasteiger partial charge is 0.00779 e. The van der Waals surface area contributed by atoms with E-state index in [-0.39, 0.29) is 0 Å². The van der Waals surface area contributed by atoms with Crippen molar-refractivity contribution in [3.05, 3.63) is 0 Å². The molecule has 2 unspecified atom stereocenters. The fraction of sp³-hybridized carbons (Fsp3) is 1.00. The minimum atomic E-state index is 0.837. The highest BCUT2D eigenvalue weighted by Crippen LogP contribution is 2.38. The molecule has 0 aliphatic heterocycles. The molecular weight excluding hydrogens is 202 g/mol. The van der Waals surface area contributed by atoms with Crippen LogP contribution < -0.4 is 5.32 Å². The second-order valence-electron chi connectivity index (χ2n) is 5.13. The van der Waals surface area contributed by atoms with Gasteiger partial charge in [0.25, 0.3) is 0 Å². The summed E-state index contributed by atoms with van der Waals surface area (Å²) >= 11 is 2.31. The molecule has 2 fully saturated rings. The number of thioether (sulfide) groups is 1. The standard InChI is InChI=1S/C13H25NS/c1-2-9-14-11-7-8-13(10-11)15-12-5-3-4-6-12/h11-14H,2-10H2,1H3. The van der Waals surface area contributed by atoms with Crippen molar-refractivity contribution in [2.45, 2.75) is 74.8 Å². The average molecular weight is 227 g/mol. The highest BCUT2D eigenvalue weighted by Gasteiger charge is 2.27. The van der Waals surface area contributed by atoms with Crippen LogP contribution in [0.3, 0.4) is 0 Å². The van der Waals surface area contributed by atoms with E-state index in [0.717, 1.165) is 16.5 Å². The number of hydrogen-bond acceptors (Lipinski definition) is 2. The largest absolute Gasteiger partial charge is 0.314 e. The van der Waals surface area contributed by atoms with Gasteiger partial charge in [-0.15, -0.1) is 0 Å². The molecule has 15 heavy (non-hydrogen) atoms. The van der Waals surface area contributed by atoms with E-state index in [2.05, 4.69) is 24.0 Å². The Balaban J connectivity index is 1.63. The van der Waals surface area contributed by atoms with Gasteiger partial charge in [0.1, 0.15) is 0 Å². The third-order valence-corrected chi connectivity index (χ3v) is 5.42. The zero-order valence-corrected chi connectivity index (χ0v) is 10.8. The molecule has 0 bridgehead atoms. The van der Waals surface area contributed by atoms with Crippen molar-refractivity contribution in [1.29, 1.82) is 0 Å². The molecule has 2 heteroatoms. The van der Waals surface area contributed by atoms with Crippen LogP contribution in [0.4, 0.5) is 0 Å². The lowest BCUT2D eigenvalue weighted by atomic mass is 10.2. The van der Waals surface area contributed by atoms with Crippen LogP contribution in [0.5, 0.6) is 0 Å². The molecule has 2 aliphatic rings. The first-order chi connectivity index (χ1) is 7.38. The molecule has 0 radical (unpaired) electrons. The maximum Gasteiger partial charge on any atom is 0.00779 e. The zero-order chi connectivity index (χ0) is 10.5. The maximum absolute atomic E-state index is 3.67. The fourth-order valence-electron chi connectivity index (χ4n) is 2.89. The van der Waals surface area contributed by atoms with E-state index in [4.69, 9.17) is 0 Å². The Bertz CT molecular complexity index is 177. The van der Waals surface area contributed by atoms with Crippen LogP contribution in [0.25, 0.3) is 0 Å². The van der Waals surface area contributed by atoms with E-state index < -0.39 is 0 Å². The van der Waals surface area contributed by atoms with Crippen molar-refractivity contribution in [3.8, 4) is 0 Å². The van der Waals surface area contributed by atoms with E-state index in [0.29, 0.717) is 0 Å². The quantitative estimate of drug-likeness (QED) is 0.770. The summed E-state index contributed by atoms with van der Waals surface area (Å²) in [5.74, 6) is 0. The normalized spacial score (nSPS) is 32.6. The summed E-state index contributed by atoms with van der Waals surface area (Å²) in [5, 5.41) is 5.66. The van der Waals surface area contributed by atoms with E-state index in [1.54, 1.807) is 0 Å². The number of rotatable bonds is 5. The Labute approximate surface area is 98.8 Å². The van der Waals surface area contributed by atoms with Crippen LogP contribution in [-0.2, 0) is 0 Å². The van der Waals surface area contributed by atoms with Gasteiger partial charge in [0, 0.05) is 16.5 Å². The summed E-state index contributed by atoms with van der Waals surface area (Å²) < 4.78 is 0. The summed E-state index contributed by atoms with van der Waals surface area (Å²) in [4.78, 5) is 0. The van der Waals surface area contributed by atoms with Crippen molar-refractivity contribution in [2.24, 2.45) is 0 Å². The lowest BCUT2D eigenvalue weighted by Gasteiger charge is -2.16. The molecule has 2 rings (SSSR count). The Morgan fingerprint density at radius 3 is 2.60 bits per heavy atom. The van der Waals surface area contributed by atoms with Crippen LogP contribution >= 0.6 is 11.8 Å². The molecule has 0 saturated heterocycles. The molecule has 2 aliphatic carbocycles. The van der Waals surface area contributed by atoms with Crippen LogP contribution in [0.1, 0.15) is 58.3 Å². The summed E-state index contributed by atoms with van der Waals surface area (Å²) in [5.41, 5.74) is 0. The van der Waals surface area contributed by atoms with Crippen LogP contribution in [0.15, 0.2) is 0 Å². The highest BCUT2D eigenvalue weighted by atomic mass is 32.2. The molecule has 1 N–H and O–H groups in total. The third kappa shape index (κ3) is 3.67. The molecule has 0 aromatic rings. The van der Waals surface area contributed by atoms with Gasteiger partial charge in [0.05, 0.1) is 0 Å². The second-order valence-corrected chi connectivity index (χ2v) is 6.73. The molecule has 0 aromatic heterocycles. The first-order valence-corrected chi connectivity index (χ1v) is 7.71. The van der Waals surface area contributed by atoms with Gasteiger partial charge in [-0.3, -0.25) is 0 Å². The van der Waals surface area contributed by atoms with Gasteiger partial charge in [-0.05, 0) is 45.1 Å². The first-order valence-electron chi connectivity index (χ1n) is 6.77. The first kappa shape index (κ1) is 11.8. The van der Waals surface area contributed by atoms with Gasteiger partial charge in [0.15, 0.2) is 0 Å². The molecule has 0 amide bonds. The summed E-state index contributed by atoms with van der Waals surface area (Å²) in [6.45, 7) is 3.47. The van der Waals surface area contributed by atoms with Crippen molar-refractivity contribution < 1.29 is 0 Å². The summed E-state index contributed by atoms with van der Waals surface area (Å²) in [7, 11) is 0. The minimum Gasteiger partial charge on any atom is -0.314 e. The van der Waals surface area contributed by atoms with Crippen molar-refractivity contribution >= 4 is 11.8 Å². The molecule has 2 atom stereocenters. The average Bonchev–Trinajstić information content (AvgIpc) is 2.87. The minimum absolute atomic E-state index is 0.837. The van der Waals surface area contributed by atoms with E-state index in [1.165, 1.54) is 57.9 Å². The summed E-state index contributed by atoms with van der Waals surface area (Å²) in [6.07, 6.45) is 11.6. The third-order valence-electron chi connectivity index (χ3n) is 3.75. The zero-order valence-electron chi connectivity index (χ0n) is 10.0. The molecule has 0 heterocycles. The lowest BCUT2D eigenvalue weighted by molar-refractivity contribution is 0.524. The summed E-state index contributed by atoms with van der Waals surface area (Å²) in [6, 6.07) is 0.837. The molecule has 88 valence electrons. The molecule has 1 nitrogen and oxygen atoms in total. The number of nitrogens with one attached hydrogen (secondary N) is 1. The monoisotopic (exact) mass is 227 g/mol. The van der Waals surface area contributed by atoms with E-state index >= 15 is 0 Å². The predicted molar refractivity (Wildman–Crippen MR) is 69.6 cm³/mol. The fourth-order valence-corrected chi connectivity index (χ4v) is 4.66. The Morgan fingerprint density at radius 2 is 1.87 bits per heavy atom. The highest BCUT2D eigenvalue weighted by molar-refractivity contribution is 8.00. The SMILES string of the molecule is CCCNC1CCC(SC2CCCC2)C1. The topological polar surface area (TPSA) is 12.0 Å². The van der Waals surface area contributed by atoms with Gasteiger partial charge in [-0.2, -0.15) is 11.8 Å². The van der Waals surface area contributed by atoms with Gasteiger partial charge in [-0.1, -0.05) is 19.8 Å². The van der Waals surface area contributed by atoms with Gasteiger partial charge in [-0.25, -0.2) is 0 Å². The van der Waals surface area contributed by atoms with Gasteiger partial charge in [0.2, 0.25) is 0 Å². The molecule has 0 spiro atoms. The second kappa shape index (κ2) is 6.15. The van der Waals surface area contributed by atoms with E-state index in [9.17, 15) is 0 Å². The van der Waals surface area contributed by atoms with Crippen LogP contribution in [0, 0.1) is 0 Å². The van der Waals surface area contributed by atoms with Crippen molar-refractivity contribution in [1.82, 2.24) is 5.32 Å². The lowest BCUT2D eigenvalue weighted by Crippen LogP contribution is -2.27.